The van der Waals surface area contributed by atoms with Crippen molar-refractivity contribution in [2.45, 2.75) is 46.2 Å². The molecule has 1 aromatic carbocycles. The number of nitrogens with one attached hydrogen (secondary N) is 1. The van der Waals surface area contributed by atoms with Crippen LogP contribution in [0.25, 0.3) is 10.8 Å². The van der Waals surface area contributed by atoms with Crippen molar-refractivity contribution in [3.8, 4) is 6.07 Å². The average molecular weight is 460 g/mol. The predicted molar refractivity (Wildman–Crippen MR) is 135 cm³/mol. The molecule has 3 aromatic rings. The van der Waals surface area contributed by atoms with Crippen molar-refractivity contribution in [3.05, 3.63) is 52.8 Å². The van der Waals surface area contributed by atoms with Crippen LogP contribution in [-0.2, 0) is 0 Å². The lowest BCUT2D eigenvalue weighted by Gasteiger charge is -2.41. The molecule has 2 aromatic heterocycles. The SMILES string of the molecule is CC[C@@H]1CN(c2cc3c(N[C@H](C)c4cccc(C#N)c4C)nnc(C)c3cn2)CCN1CCO. The third kappa shape index (κ3) is 4.67. The highest BCUT2D eigenvalue weighted by Crippen LogP contribution is 2.30. The van der Waals surface area contributed by atoms with Crippen molar-refractivity contribution in [2.75, 3.05) is 43.0 Å². The highest BCUT2D eigenvalue weighted by molar-refractivity contribution is 5.94. The lowest BCUT2D eigenvalue weighted by molar-refractivity contribution is 0.134. The van der Waals surface area contributed by atoms with E-state index in [1.807, 2.05) is 38.2 Å². The number of β-amino-alcohol motifs (C(OH)–C–C–N with tert-alkyl or cyclic N) is 1. The van der Waals surface area contributed by atoms with Gasteiger partial charge in [0.05, 0.1) is 30.0 Å². The fraction of sp³-hybridized carbons (Fsp3) is 0.462. The van der Waals surface area contributed by atoms with Gasteiger partial charge in [-0.1, -0.05) is 19.1 Å². The number of aliphatic hydroxyl groups is 1. The van der Waals surface area contributed by atoms with E-state index in [-0.39, 0.29) is 12.6 Å². The Morgan fingerprint density at radius 1 is 1.24 bits per heavy atom. The highest BCUT2D eigenvalue weighted by Gasteiger charge is 2.26. The minimum absolute atomic E-state index is 0.0448. The van der Waals surface area contributed by atoms with Gasteiger partial charge < -0.3 is 15.3 Å². The van der Waals surface area contributed by atoms with Crippen molar-refractivity contribution in [2.24, 2.45) is 0 Å². The zero-order valence-electron chi connectivity index (χ0n) is 20.4. The van der Waals surface area contributed by atoms with Gasteiger partial charge in [0, 0.05) is 49.2 Å². The normalized spacial score (nSPS) is 17.5. The van der Waals surface area contributed by atoms with Crippen LogP contribution < -0.4 is 10.2 Å². The largest absolute Gasteiger partial charge is 0.395 e. The number of aryl methyl sites for hydroxylation is 1. The Morgan fingerprint density at radius 2 is 2.06 bits per heavy atom. The minimum atomic E-state index is -0.0448. The number of pyridine rings is 1. The Bertz CT molecular complexity index is 1210. The second-order valence-electron chi connectivity index (χ2n) is 8.99. The predicted octanol–water partition coefficient (Wildman–Crippen LogP) is 3.58. The molecule has 8 heteroatoms. The van der Waals surface area contributed by atoms with Gasteiger partial charge in [-0.05, 0) is 50.5 Å². The van der Waals surface area contributed by atoms with Crippen LogP contribution in [0.2, 0.25) is 0 Å². The van der Waals surface area contributed by atoms with E-state index in [4.69, 9.17) is 4.98 Å². The summed E-state index contributed by atoms with van der Waals surface area (Å²) in [5.74, 6) is 1.64. The first-order chi connectivity index (χ1) is 16.5. The summed E-state index contributed by atoms with van der Waals surface area (Å²) in [4.78, 5) is 9.46. The molecule has 0 radical (unpaired) electrons. The standard InChI is InChI=1S/C26H33N7O/c1-5-21-16-33(10-9-32(21)11-12-34)25-13-23-24(15-28-25)19(4)30-31-26(23)29-18(3)22-8-6-7-20(14-27)17(22)2/h6-8,13,15,18,21,34H,5,9-12,16H2,1-4H3,(H,29,31)/t18-,21-/m1/s1. The monoisotopic (exact) mass is 459 g/mol. The number of fused-ring (bicyclic) bond motifs is 1. The summed E-state index contributed by atoms with van der Waals surface area (Å²) in [5, 5.41) is 33.1. The van der Waals surface area contributed by atoms with Crippen LogP contribution in [0.5, 0.6) is 0 Å². The number of piperazine rings is 1. The molecule has 1 aliphatic heterocycles. The van der Waals surface area contributed by atoms with Crippen molar-refractivity contribution in [1.29, 1.82) is 5.26 Å². The number of nitrogens with zero attached hydrogens (tertiary/aromatic N) is 6. The van der Waals surface area contributed by atoms with E-state index in [0.717, 1.165) is 59.5 Å². The molecule has 34 heavy (non-hydrogen) atoms. The number of hydrogen-bond acceptors (Lipinski definition) is 8. The molecule has 0 amide bonds. The quantitative estimate of drug-likeness (QED) is 0.553. The highest BCUT2D eigenvalue weighted by atomic mass is 16.3. The number of benzene rings is 1. The molecule has 4 rings (SSSR count). The Labute approximate surface area is 201 Å². The molecule has 0 spiro atoms. The van der Waals surface area contributed by atoms with Gasteiger partial charge in [-0.2, -0.15) is 10.4 Å². The molecule has 0 bridgehead atoms. The van der Waals surface area contributed by atoms with Crippen molar-refractivity contribution < 1.29 is 5.11 Å². The molecule has 8 nitrogen and oxygen atoms in total. The molecule has 1 saturated heterocycles. The average Bonchev–Trinajstić information content (AvgIpc) is 2.86. The third-order valence-electron chi connectivity index (χ3n) is 6.94. The van der Waals surface area contributed by atoms with Crippen LogP contribution in [0.15, 0.2) is 30.5 Å². The smallest absolute Gasteiger partial charge is 0.157 e. The number of nitriles is 1. The van der Waals surface area contributed by atoms with Gasteiger partial charge in [0.15, 0.2) is 5.82 Å². The maximum absolute atomic E-state index is 9.40. The van der Waals surface area contributed by atoms with Crippen LogP contribution >= 0.6 is 0 Å². The van der Waals surface area contributed by atoms with Gasteiger partial charge in [0.25, 0.3) is 0 Å². The topological polar surface area (TPSA) is 101 Å². The van der Waals surface area contributed by atoms with Gasteiger partial charge in [-0.15, -0.1) is 5.10 Å². The molecular weight excluding hydrogens is 426 g/mol. The second kappa shape index (κ2) is 10.3. The number of anilines is 2. The zero-order chi connectivity index (χ0) is 24.2. The minimum Gasteiger partial charge on any atom is -0.395 e. The number of aliphatic hydroxyl groups excluding tert-OH is 1. The fourth-order valence-electron chi connectivity index (χ4n) is 4.88. The Hall–Kier alpha value is -3.28. The number of aromatic nitrogens is 3. The summed E-state index contributed by atoms with van der Waals surface area (Å²) >= 11 is 0. The summed E-state index contributed by atoms with van der Waals surface area (Å²) in [7, 11) is 0. The van der Waals surface area contributed by atoms with Crippen LogP contribution in [0.1, 0.15) is 48.7 Å². The molecular formula is C26H33N7O. The molecule has 178 valence electrons. The molecule has 3 heterocycles. The first-order valence-electron chi connectivity index (χ1n) is 12.0. The summed E-state index contributed by atoms with van der Waals surface area (Å²) in [6, 6.07) is 10.5. The van der Waals surface area contributed by atoms with Crippen LogP contribution in [0.4, 0.5) is 11.6 Å². The van der Waals surface area contributed by atoms with E-state index in [2.05, 4.69) is 51.3 Å². The molecule has 0 aliphatic carbocycles. The van der Waals surface area contributed by atoms with Gasteiger partial charge >= 0.3 is 0 Å². The molecule has 1 aliphatic rings. The maximum atomic E-state index is 9.40. The van der Waals surface area contributed by atoms with E-state index in [9.17, 15) is 10.4 Å². The van der Waals surface area contributed by atoms with Gasteiger partial charge in [0.1, 0.15) is 5.82 Å². The third-order valence-corrected chi connectivity index (χ3v) is 6.94. The van der Waals surface area contributed by atoms with Crippen LogP contribution in [0, 0.1) is 25.2 Å². The molecule has 1 fully saturated rings. The lowest BCUT2D eigenvalue weighted by atomic mass is 9.98. The maximum Gasteiger partial charge on any atom is 0.157 e. The number of hydrogen-bond donors (Lipinski definition) is 2. The molecule has 2 N–H and O–H groups in total. The first kappa shape index (κ1) is 23.9. The van der Waals surface area contributed by atoms with Gasteiger partial charge in [-0.25, -0.2) is 4.98 Å². The lowest BCUT2D eigenvalue weighted by Crippen LogP contribution is -2.53. The molecule has 0 unspecified atom stereocenters. The fourth-order valence-corrected chi connectivity index (χ4v) is 4.88. The zero-order valence-corrected chi connectivity index (χ0v) is 20.4. The van der Waals surface area contributed by atoms with Gasteiger partial charge in [-0.3, -0.25) is 4.90 Å². The molecule has 2 atom stereocenters. The van der Waals surface area contributed by atoms with E-state index in [0.29, 0.717) is 24.0 Å². The number of rotatable bonds is 7. The Kier molecular flexibility index (Phi) is 7.25. The van der Waals surface area contributed by atoms with Gasteiger partial charge in [0.2, 0.25) is 0 Å². The second-order valence-corrected chi connectivity index (χ2v) is 8.99. The van der Waals surface area contributed by atoms with Crippen molar-refractivity contribution in [3.63, 3.8) is 0 Å². The van der Waals surface area contributed by atoms with Crippen molar-refractivity contribution >= 4 is 22.4 Å². The Balaban J connectivity index is 1.65. The summed E-state index contributed by atoms with van der Waals surface area (Å²) < 4.78 is 0. The Morgan fingerprint density at radius 3 is 2.79 bits per heavy atom. The molecule has 0 saturated carbocycles. The summed E-state index contributed by atoms with van der Waals surface area (Å²) in [6.45, 7) is 11.7. The van der Waals surface area contributed by atoms with Crippen LogP contribution in [0.3, 0.4) is 0 Å². The summed E-state index contributed by atoms with van der Waals surface area (Å²) in [6.07, 6.45) is 2.92. The first-order valence-corrected chi connectivity index (χ1v) is 12.0. The van der Waals surface area contributed by atoms with E-state index >= 15 is 0 Å². The summed E-state index contributed by atoms with van der Waals surface area (Å²) in [5.41, 5.74) is 3.56. The van der Waals surface area contributed by atoms with E-state index in [1.165, 1.54) is 0 Å². The van der Waals surface area contributed by atoms with Crippen LogP contribution in [-0.4, -0.2) is 64.0 Å². The van der Waals surface area contributed by atoms with E-state index in [1.54, 1.807) is 0 Å². The van der Waals surface area contributed by atoms with Crippen molar-refractivity contribution in [1.82, 2.24) is 20.1 Å². The van der Waals surface area contributed by atoms with E-state index < -0.39 is 0 Å².